The summed E-state index contributed by atoms with van der Waals surface area (Å²) in [5, 5.41) is 0. The fraction of sp³-hybridized carbons (Fsp3) is 0.500. The van der Waals surface area contributed by atoms with Crippen molar-refractivity contribution in [1.29, 1.82) is 0 Å². The van der Waals surface area contributed by atoms with Gasteiger partial charge in [-0.15, -0.1) is 11.3 Å². The molecule has 2 heterocycles. The molecule has 0 N–H and O–H groups in total. The number of amides is 2. The Morgan fingerprint density at radius 3 is 2.24 bits per heavy atom. The number of ether oxygens (including phenoxy) is 3. The predicted molar refractivity (Wildman–Crippen MR) is 140 cm³/mol. The zero-order valence-electron chi connectivity index (χ0n) is 22.7. The third-order valence-corrected chi connectivity index (χ3v) is 7.64. The molecule has 0 bridgehead atoms. The van der Waals surface area contributed by atoms with Crippen LogP contribution in [0.2, 0.25) is 0 Å². The maximum Gasteiger partial charge on any atom is 0.348 e. The highest BCUT2D eigenvalue weighted by Gasteiger charge is 2.52. The molecule has 9 heteroatoms. The van der Waals surface area contributed by atoms with Gasteiger partial charge in [-0.2, -0.15) is 0 Å². The summed E-state index contributed by atoms with van der Waals surface area (Å²) in [4.78, 5) is 55.5. The number of benzene rings is 1. The molecule has 37 heavy (non-hydrogen) atoms. The van der Waals surface area contributed by atoms with E-state index in [1.165, 1.54) is 13.8 Å². The number of carbonyl (C=O) groups excluding carboxylic acids is 4. The molecule has 1 aliphatic heterocycles. The van der Waals surface area contributed by atoms with Crippen LogP contribution >= 0.6 is 11.3 Å². The van der Waals surface area contributed by atoms with Gasteiger partial charge in [0.05, 0.1) is 24.2 Å². The number of methoxy groups -OCH3 is 1. The first-order valence-corrected chi connectivity index (χ1v) is 13.1. The summed E-state index contributed by atoms with van der Waals surface area (Å²) in [6, 6.07) is 9.45. The van der Waals surface area contributed by atoms with E-state index in [-0.39, 0.29) is 23.5 Å². The Kier molecular flexibility index (Phi) is 8.29. The molecule has 2 aromatic rings. The first kappa shape index (κ1) is 28.5. The highest BCUT2D eigenvalue weighted by Crippen LogP contribution is 2.45. The summed E-state index contributed by atoms with van der Waals surface area (Å²) in [6.07, 6.45) is -0.251. The molecular weight excluding hydrogens is 494 g/mol. The smallest absolute Gasteiger partial charge is 0.348 e. The standard InChI is InChI=1S/C28H35NO7S/c1-9-35-25(32)21-16(2)20-22(37-21)18(15-19(34-8)17-13-11-10-12-14-17)23(30)29(24(20)31)28(6,7)26(33)36-27(3,4)5/h10-14,18-19H,9,15H2,1-8H3/t18?,19-/m0/s1. The van der Waals surface area contributed by atoms with Crippen LogP contribution in [0.4, 0.5) is 0 Å². The van der Waals surface area contributed by atoms with Crippen molar-refractivity contribution in [2.75, 3.05) is 13.7 Å². The fourth-order valence-electron chi connectivity index (χ4n) is 4.40. The molecule has 0 aliphatic carbocycles. The van der Waals surface area contributed by atoms with Gasteiger partial charge < -0.3 is 14.2 Å². The normalized spacial score (nSPS) is 16.9. The summed E-state index contributed by atoms with van der Waals surface area (Å²) in [5.41, 5.74) is -0.861. The molecule has 0 fully saturated rings. The second-order valence-corrected chi connectivity index (χ2v) is 11.5. The van der Waals surface area contributed by atoms with Crippen LogP contribution in [0.15, 0.2) is 30.3 Å². The lowest BCUT2D eigenvalue weighted by atomic mass is 9.85. The zero-order valence-corrected chi connectivity index (χ0v) is 23.5. The summed E-state index contributed by atoms with van der Waals surface area (Å²) < 4.78 is 16.5. The van der Waals surface area contributed by atoms with Gasteiger partial charge in [0.2, 0.25) is 5.91 Å². The Labute approximate surface area is 221 Å². The Balaban J connectivity index is 2.16. The number of nitrogens with zero attached hydrogens (tertiary/aromatic N) is 1. The van der Waals surface area contributed by atoms with Crippen LogP contribution in [0, 0.1) is 6.92 Å². The second-order valence-electron chi connectivity index (χ2n) is 10.5. The predicted octanol–water partition coefficient (Wildman–Crippen LogP) is 5.20. The van der Waals surface area contributed by atoms with Crippen molar-refractivity contribution in [3.05, 3.63) is 56.8 Å². The van der Waals surface area contributed by atoms with E-state index >= 15 is 0 Å². The van der Waals surface area contributed by atoms with Crippen molar-refractivity contribution in [1.82, 2.24) is 4.90 Å². The Hall–Kier alpha value is -3.04. The fourth-order valence-corrected chi connectivity index (χ4v) is 5.70. The van der Waals surface area contributed by atoms with E-state index in [4.69, 9.17) is 14.2 Å². The molecule has 0 saturated carbocycles. The van der Waals surface area contributed by atoms with Crippen LogP contribution in [0.1, 0.15) is 96.0 Å². The molecule has 0 radical (unpaired) electrons. The number of fused-ring (bicyclic) bond motifs is 1. The number of hydrogen-bond donors (Lipinski definition) is 0. The average molecular weight is 530 g/mol. The van der Waals surface area contributed by atoms with Gasteiger partial charge in [-0.25, -0.2) is 9.59 Å². The van der Waals surface area contributed by atoms with Gasteiger partial charge in [0.25, 0.3) is 5.91 Å². The maximum absolute atomic E-state index is 14.0. The zero-order chi connectivity index (χ0) is 27.7. The highest BCUT2D eigenvalue weighted by atomic mass is 32.1. The molecule has 200 valence electrons. The SMILES string of the molecule is CCOC(=O)c1sc2c(c1C)C(=O)N(C(C)(C)C(=O)OC(C)(C)C)C(=O)C2C[C@H](OC)c1ccccc1. The van der Waals surface area contributed by atoms with E-state index in [0.29, 0.717) is 10.4 Å². The third kappa shape index (κ3) is 5.62. The van der Waals surface area contributed by atoms with E-state index in [9.17, 15) is 19.2 Å². The van der Waals surface area contributed by atoms with Crippen LogP contribution in [0.3, 0.4) is 0 Å². The van der Waals surface area contributed by atoms with Crippen LogP contribution in [-0.2, 0) is 23.8 Å². The molecule has 8 nitrogen and oxygen atoms in total. The summed E-state index contributed by atoms with van der Waals surface area (Å²) in [5.74, 6) is -3.25. The number of esters is 2. The van der Waals surface area contributed by atoms with E-state index in [0.717, 1.165) is 21.8 Å². The molecular formula is C28H35NO7S. The second kappa shape index (κ2) is 10.8. The van der Waals surface area contributed by atoms with E-state index in [2.05, 4.69) is 0 Å². The molecule has 1 unspecified atom stereocenters. The molecule has 0 spiro atoms. The van der Waals surface area contributed by atoms with E-state index in [1.54, 1.807) is 41.7 Å². The molecule has 2 amide bonds. The summed E-state index contributed by atoms with van der Waals surface area (Å²) in [6.45, 7) is 11.7. The average Bonchev–Trinajstić information content (AvgIpc) is 3.16. The van der Waals surface area contributed by atoms with Crippen LogP contribution < -0.4 is 0 Å². The van der Waals surface area contributed by atoms with Gasteiger partial charge in [-0.1, -0.05) is 30.3 Å². The highest BCUT2D eigenvalue weighted by molar-refractivity contribution is 7.14. The van der Waals surface area contributed by atoms with Gasteiger partial charge in [0, 0.05) is 12.0 Å². The Bertz CT molecular complexity index is 1190. The Morgan fingerprint density at radius 2 is 1.70 bits per heavy atom. The largest absolute Gasteiger partial charge is 0.462 e. The quantitative estimate of drug-likeness (QED) is 0.342. The van der Waals surface area contributed by atoms with Crippen molar-refractivity contribution in [3.63, 3.8) is 0 Å². The lowest BCUT2D eigenvalue weighted by molar-refractivity contribution is -0.170. The summed E-state index contributed by atoms with van der Waals surface area (Å²) in [7, 11) is 1.56. The Morgan fingerprint density at radius 1 is 1.08 bits per heavy atom. The lowest BCUT2D eigenvalue weighted by Crippen LogP contribution is -2.60. The van der Waals surface area contributed by atoms with Gasteiger partial charge in [0.15, 0.2) is 0 Å². The molecule has 1 aromatic heterocycles. The van der Waals surface area contributed by atoms with Crippen molar-refractivity contribution in [3.8, 4) is 0 Å². The number of imide groups is 1. The van der Waals surface area contributed by atoms with Crippen LogP contribution in [-0.4, -0.2) is 53.5 Å². The number of carbonyl (C=O) groups is 4. The van der Waals surface area contributed by atoms with Gasteiger partial charge in [-0.05, 0) is 66.0 Å². The topological polar surface area (TPSA) is 99.2 Å². The molecule has 3 rings (SSSR count). The van der Waals surface area contributed by atoms with E-state index in [1.807, 2.05) is 30.3 Å². The lowest BCUT2D eigenvalue weighted by Gasteiger charge is -2.41. The van der Waals surface area contributed by atoms with Crippen molar-refractivity contribution < 1.29 is 33.4 Å². The maximum atomic E-state index is 14.0. The number of thiophene rings is 1. The van der Waals surface area contributed by atoms with Crippen LogP contribution in [0.25, 0.3) is 0 Å². The number of hydrogen-bond acceptors (Lipinski definition) is 8. The van der Waals surface area contributed by atoms with Crippen molar-refractivity contribution in [2.45, 2.75) is 78.0 Å². The first-order valence-electron chi connectivity index (χ1n) is 12.2. The molecule has 1 aliphatic rings. The minimum atomic E-state index is -1.59. The van der Waals surface area contributed by atoms with Crippen molar-refractivity contribution in [2.24, 2.45) is 0 Å². The van der Waals surface area contributed by atoms with Crippen LogP contribution in [0.5, 0.6) is 0 Å². The summed E-state index contributed by atoms with van der Waals surface area (Å²) >= 11 is 1.09. The number of rotatable bonds is 8. The van der Waals surface area contributed by atoms with Gasteiger partial charge in [0.1, 0.15) is 16.0 Å². The van der Waals surface area contributed by atoms with Crippen molar-refractivity contribution >= 4 is 35.1 Å². The minimum absolute atomic E-state index is 0.175. The van der Waals surface area contributed by atoms with E-state index < -0.39 is 46.9 Å². The monoisotopic (exact) mass is 529 g/mol. The third-order valence-electron chi connectivity index (χ3n) is 6.25. The first-order chi connectivity index (χ1) is 17.2. The molecule has 2 atom stereocenters. The molecule has 0 saturated heterocycles. The molecule has 1 aromatic carbocycles. The van der Waals surface area contributed by atoms with Gasteiger partial charge in [-0.3, -0.25) is 14.5 Å². The van der Waals surface area contributed by atoms with Gasteiger partial charge >= 0.3 is 11.9 Å². The minimum Gasteiger partial charge on any atom is -0.462 e.